The van der Waals surface area contributed by atoms with Gasteiger partial charge in [0.15, 0.2) is 0 Å². The van der Waals surface area contributed by atoms with E-state index in [9.17, 15) is 4.79 Å². The molecule has 3 aliphatic carbocycles. The zero-order chi connectivity index (χ0) is 17.8. The molecule has 1 aromatic rings. The van der Waals surface area contributed by atoms with Crippen molar-refractivity contribution in [3.8, 4) is 0 Å². The van der Waals surface area contributed by atoms with Gasteiger partial charge in [-0.05, 0) is 42.6 Å². The molecule has 1 amide bonds. The maximum atomic E-state index is 11.0. The fraction of sp³-hybridized carbons (Fsp3) is 0.632. The maximum absolute atomic E-state index is 11.0. The summed E-state index contributed by atoms with van der Waals surface area (Å²) in [6, 6.07) is 9.91. The molecule has 5 nitrogen and oxygen atoms in total. The highest BCUT2D eigenvalue weighted by Gasteiger charge is 2.68. The van der Waals surface area contributed by atoms with Crippen molar-refractivity contribution >= 4 is 13.2 Å². The van der Waals surface area contributed by atoms with Crippen LogP contribution in [0.15, 0.2) is 30.3 Å². The molecular formula is C19H26BNO4. The predicted molar refractivity (Wildman–Crippen MR) is 95.3 cm³/mol. The molecule has 0 aromatic heterocycles. The van der Waals surface area contributed by atoms with Crippen LogP contribution in [-0.4, -0.2) is 36.6 Å². The zero-order valence-corrected chi connectivity index (χ0v) is 15.1. The topological polar surface area (TPSA) is 67.8 Å². The smallest absolute Gasteiger partial charge is 0.465 e. The molecule has 5 rings (SSSR count). The average molecular weight is 343 g/mol. The number of nitrogens with one attached hydrogen (secondary N) is 1. The van der Waals surface area contributed by atoms with E-state index in [1.54, 1.807) is 0 Å². The van der Waals surface area contributed by atoms with Crippen molar-refractivity contribution in [1.82, 2.24) is 5.32 Å². The third-order valence-electron chi connectivity index (χ3n) is 7.00. The average Bonchev–Trinajstić information content (AvgIpc) is 2.92. The van der Waals surface area contributed by atoms with Crippen molar-refractivity contribution in [2.24, 2.45) is 17.3 Å². The first kappa shape index (κ1) is 16.9. The Labute approximate surface area is 149 Å². The van der Waals surface area contributed by atoms with Gasteiger partial charge in [0.2, 0.25) is 0 Å². The summed E-state index contributed by atoms with van der Waals surface area (Å²) in [5.74, 6) is 1.04. The van der Waals surface area contributed by atoms with E-state index in [-0.39, 0.29) is 24.1 Å². The largest absolute Gasteiger partial charge is 0.467 e. The van der Waals surface area contributed by atoms with Crippen molar-refractivity contribution in [3.05, 3.63) is 35.9 Å². The monoisotopic (exact) mass is 343 g/mol. The molecule has 1 aliphatic heterocycles. The lowest BCUT2D eigenvalue weighted by Crippen LogP contribution is -2.65. The number of carbonyl (C=O) groups is 1. The summed E-state index contributed by atoms with van der Waals surface area (Å²) in [6.07, 6.45) is 1.32. The molecule has 25 heavy (non-hydrogen) atoms. The minimum atomic E-state index is -1.02. The molecular weight excluding hydrogens is 317 g/mol. The fourth-order valence-corrected chi connectivity index (χ4v) is 5.34. The predicted octanol–water partition coefficient (Wildman–Crippen LogP) is 3.31. The molecule has 3 saturated carbocycles. The van der Waals surface area contributed by atoms with Crippen LogP contribution < -0.4 is 5.32 Å². The van der Waals surface area contributed by atoms with E-state index in [2.05, 4.69) is 26.1 Å². The van der Waals surface area contributed by atoms with Crippen LogP contribution in [0.3, 0.4) is 0 Å². The second-order valence-electron chi connectivity index (χ2n) is 8.54. The summed E-state index contributed by atoms with van der Waals surface area (Å²) >= 11 is 0. The minimum Gasteiger partial charge on any atom is -0.465 e. The molecule has 2 N–H and O–H groups in total. The highest BCUT2D eigenvalue weighted by atomic mass is 16.7. The Morgan fingerprint density at radius 3 is 2.68 bits per heavy atom. The molecule has 6 heteroatoms. The molecule has 1 saturated heterocycles. The lowest BCUT2D eigenvalue weighted by atomic mass is 9.43. The number of hydrogen-bond donors (Lipinski definition) is 2. The Kier molecular flexibility index (Phi) is 3.89. The van der Waals surface area contributed by atoms with E-state index >= 15 is 0 Å². The van der Waals surface area contributed by atoms with Crippen LogP contribution in [0.4, 0.5) is 4.79 Å². The number of hydrogen-bond acceptors (Lipinski definition) is 3. The van der Waals surface area contributed by atoms with Crippen molar-refractivity contribution in [1.29, 1.82) is 0 Å². The highest BCUT2D eigenvalue weighted by Crippen LogP contribution is 2.66. The van der Waals surface area contributed by atoms with Gasteiger partial charge in [0.05, 0.1) is 11.7 Å². The van der Waals surface area contributed by atoms with E-state index in [1.165, 1.54) is 6.42 Å². The Morgan fingerprint density at radius 2 is 2.04 bits per heavy atom. The van der Waals surface area contributed by atoms with Crippen molar-refractivity contribution in [2.45, 2.75) is 51.1 Å². The van der Waals surface area contributed by atoms with Crippen LogP contribution in [0.1, 0.15) is 45.0 Å². The maximum Gasteiger partial charge on any atom is 0.467 e. The van der Waals surface area contributed by atoms with Gasteiger partial charge in [-0.15, -0.1) is 0 Å². The normalized spacial score (nSPS) is 36.3. The van der Waals surface area contributed by atoms with Gasteiger partial charge in [-0.1, -0.05) is 44.2 Å². The summed E-state index contributed by atoms with van der Waals surface area (Å²) < 4.78 is 12.9. The van der Waals surface area contributed by atoms with Gasteiger partial charge < -0.3 is 19.7 Å². The van der Waals surface area contributed by atoms with Crippen LogP contribution in [0.2, 0.25) is 0 Å². The third kappa shape index (κ3) is 2.58. The molecule has 0 spiro atoms. The first-order valence-electron chi connectivity index (χ1n) is 9.17. The Balaban J connectivity index is 1.58. The van der Waals surface area contributed by atoms with Gasteiger partial charge in [0, 0.05) is 12.4 Å². The summed E-state index contributed by atoms with van der Waals surface area (Å²) in [7, 11) is -0.417. The SMILES string of the molecule is CC1(C)[C@@H]2C[C@H]3OB(C(CNC(=O)O)c4ccccc4)O[C@@]3(C)[C@H]1C2. The van der Waals surface area contributed by atoms with Crippen LogP contribution in [0, 0.1) is 17.3 Å². The summed E-state index contributed by atoms with van der Waals surface area (Å²) in [4.78, 5) is 11.0. The molecule has 5 atom stereocenters. The Bertz CT molecular complexity index is 667. The number of rotatable bonds is 4. The zero-order valence-electron chi connectivity index (χ0n) is 15.1. The first-order valence-corrected chi connectivity index (χ1v) is 9.17. The van der Waals surface area contributed by atoms with Crippen molar-refractivity contribution in [3.63, 3.8) is 0 Å². The highest BCUT2D eigenvalue weighted by molar-refractivity contribution is 6.47. The number of amides is 1. The first-order chi connectivity index (χ1) is 11.8. The van der Waals surface area contributed by atoms with Gasteiger partial charge in [-0.25, -0.2) is 4.79 Å². The third-order valence-corrected chi connectivity index (χ3v) is 7.00. The van der Waals surface area contributed by atoms with E-state index < -0.39 is 13.2 Å². The van der Waals surface area contributed by atoms with E-state index in [0.717, 1.165) is 12.0 Å². The minimum absolute atomic E-state index is 0.102. The lowest BCUT2D eigenvalue weighted by molar-refractivity contribution is -0.199. The molecule has 0 radical (unpaired) electrons. The van der Waals surface area contributed by atoms with Crippen LogP contribution in [0.25, 0.3) is 0 Å². The second-order valence-corrected chi connectivity index (χ2v) is 8.54. The summed E-state index contributed by atoms with van der Waals surface area (Å²) in [6.45, 7) is 7.14. The van der Waals surface area contributed by atoms with Crippen LogP contribution in [0.5, 0.6) is 0 Å². The molecule has 2 bridgehead atoms. The lowest BCUT2D eigenvalue weighted by Gasteiger charge is -2.64. The quantitative estimate of drug-likeness (QED) is 0.823. The Morgan fingerprint density at radius 1 is 1.32 bits per heavy atom. The van der Waals surface area contributed by atoms with Crippen LogP contribution >= 0.6 is 0 Å². The van der Waals surface area contributed by atoms with Gasteiger partial charge in [-0.2, -0.15) is 0 Å². The summed E-state index contributed by atoms with van der Waals surface area (Å²) in [5.41, 5.74) is 1.06. The van der Waals surface area contributed by atoms with E-state index in [0.29, 0.717) is 17.3 Å². The fourth-order valence-electron chi connectivity index (χ4n) is 5.34. The molecule has 1 heterocycles. The van der Waals surface area contributed by atoms with Gasteiger partial charge in [0.1, 0.15) is 0 Å². The second kappa shape index (κ2) is 5.75. The van der Waals surface area contributed by atoms with Gasteiger partial charge in [0.25, 0.3) is 0 Å². The standard InChI is InChI=1S/C19H26BNO4/c1-18(2)13-9-15(18)19(3)16(10-13)24-20(25-19)14(11-21-17(22)23)12-7-5-4-6-8-12/h4-8,13-16,21H,9-11H2,1-3H3,(H,22,23)/t13-,14?,15-,16+,19-/m0/s1. The summed E-state index contributed by atoms with van der Waals surface area (Å²) in [5, 5.41) is 11.5. The van der Waals surface area contributed by atoms with E-state index in [1.807, 2.05) is 30.3 Å². The number of benzene rings is 1. The molecule has 134 valence electrons. The van der Waals surface area contributed by atoms with Crippen LogP contribution in [-0.2, 0) is 9.31 Å². The molecule has 4 fully saturated rings. The molecule has 1 unspecified atom stereocenters. The van der Waals surface area contributed by atoms with Gasteiger partial charge in [-0.3, -0.25) is 0 Å². The number of carboxylic acid groups (broad SMARTS) is 1. The van der Waals surface area contributed by atoms with E-state index in [4.69, 9.17) is 14.4 Å². The van der Waals surface area contributed by atoms with Gasteiger partial charge >= 0.3 is 13.2 Å². The van der Waals surface area contributed by atoms with Crippen molar-refractivity contribution < 1.29 is 19.2 Å². The van der Waals surface area contributed by atoms with Crippen molar-refractivity contribution in [2.75, 3.05) is 6.54 Å². The Hall–Kier alpha value is -1.53. The molecule has 4 aliphatic rings. The molecule has 1 aromatic carbocycles.